The van der Waals surface area contributed by atoms with Crippen LogP contribution in [0.25, 0.3) is 0 Å². The summed E-state index contributed by atoms with van der Waals surface area (Å²) in [4.78, 5) is 0. The summed E-state index contributed by atoms with van der Waals surface area (Å²) in [7, 11) is 0. The summed E-state index contributed by atoms with van der Waals surface area (Å²) >= 11 is 0. The Morgan fingerprint density at radius 1 is 0.765 bits per heavy atom. The first-order valence-electron chi connectivity index (χ1n) is 5.21. The Morgan fingerprint density at radius 3 is 1.53 bits per heavy atom. The fraction of sp³-hybridized carbons (Fsp3) is 0.0769. The van der Waals surface area contributed by atoms with Crippen LogP contribution in [0, 0.1) is 0 Å². The Kier molecular flexibility index (Phi) is 2.78. The molecule has 0 aliphatic carbocycles. The fourth-order valence-corrected chi connectivity index (χ4v) is 1.66. The zero-order valence-corrected chi connectivity index (χ0v) is 9.22. The minimum Gasteiger partial charge on any atom is -0.506 e. The van der Waals surface area contributed by atoms with E-state index in [-0.39, 0.29) is 11.5 Å². The topological polar surface area (TPSA) is 92.5 Å². The zero-order valence-electron chi connectivity index (χ0n) is 9.22. The highest BCUT2D eigenvalue weighted by atomic mass is 16.3. The van der Waals surface area contributed by atoms with E-state index in [0.29, 0.717) is 17.8 Å². The standard InChI is InChI=1S/C13H14N2O2/c14-10-6-8(1-3-12(10)16)5-9-2-4-13(17)11(15)7-9/h1-4,6-7,16-17H,5,14-15H2. The van der Waals surface area contributed by atoms with Gasteiger partial charge in [0.25, 0.3) is 0 Å². The second-order valence-electron chi connectivity index (χ2n) is 3.96. The Balaban J connectivity index is 2.25. The van der Waals surface area contributed by atoms with E-state index < -0.39 is 0 Å². The average molecular weight is 230 g/mol. The number of rotatable bonds is 2. The molecule has 0 amide bonds. The molecular weight excluding hydrogens is 216 g/mol. The maximum atomic E-state index is 9.31. The van der Waals surface area contributed by atoms with Gasteiger partial charge in [-0.05, 0) is 41.8 Å². The third-order valence-corrected chi connectivity index (χ3v) is 2.59. The number of nitrogens with two attached hydrogens (primary N) is 2. The van der Waals surface area contributed by atoms with Crippen molar-refractivity contribution in [1.82, 2.24) is 0 Å². The minimum absolute atomic E-state index is 0.0824. The van der Waals surface area contributed by atoms with Crippen LogP contribution < -0.4 is 11.5 Å². The van der Waals surface area contributed by atoms with Crippen molar-refractivity contribution in [2.75, 3.05) is 11.5 Å². The number of phenolic OH excluding ortho intramolecular Hbond substituents is 2. The lowest BCUT2D eigenvalue weighted by Gasteiger charge is -2.06. The predicted octanol–water partition coefficient (Wildman–Crippen LogP) is 1.85. The molecule has 4 nitrogen and oxygen atoms in total. The van der Waals surface area contributed by atoms with Gasteiger partial charge in [0, 0.05) is 0 Å². The van der Waals surface area contributed by atoms with Crippen LogP contribution in [0.2, 0.25) is 0 Å². The number of aromatic hydroxyl groups is 2. The van der Waals surface area contributed by atoms with E-state index in [0.717, 1.165) is 11.1 Å². The van der Waals surface area contributed by atoms with Gasteiger partial charge in [0.2, 0.25) is 0 Å². The fourth-order valence-electron chi connectivity index (χ4n) is 1.66. The smallest absolute Gasteiger partial charge is 0.138 e. The normalized spacial score (nSPS) is 10.4. The first-order valence-corrected chi connectivity index (χ1v) is 5.21. The Bertz CT molecular complexity index is 504. The molecule has 2 rings (SSSR count). The molecule has 2 aromatic rings. The van der Waals surface area contributed by atoms with Gasteiger partial charge in [-0.2, -0.15) is 0 Å². The quantitative estimate of drug-likeness (QED) is 0.468. The van der Waals surface area contributed by atoms with Gasteiger partial charge in [0.05, 0.1) is 11.4 Å². The van der Waals surface area contributed by atoms with E-state index in [1.807, 2.05) is 0 Å². The summed E-state index contributed by atoms with van der Waals surface area (Å²) in [5.41, 5.74) is 13.9. The van der Waals surface area contributed by atoms with Gasteiger partial charge in [-0.25, -0.2) is 0 Å². The van der Waals surface area contributed by atoms with Gasteiger partial charge >= 0.3 is 0 Å². The number of anilines is 2. The highest BCUT2D eigenvalue weighted by molar-refractivity contribution is 5.56. The van der Waals surface area contributed by atoms with Crippen LogP contribution in [0.1, 0.15) is 11.1 Å². The van der Waals surface area contributed by atoms with Gasteiger partial charge in [-0.15, -0.1) is 0 Å². The molecule has 17 heavy (non-hydrogen) atoms. The lowest BCUT2D eigenvalue weighted by Crippen LogP contribution is -1.93. The maximum Gasteiger partial charge on any atom is 0.138 e. The number of phenols is 2. The second kappa shape index (κ2) is 4.25. The van der Waals surface area contributed by atoms with Gasteiger partial charge in [0.1, 0.15) is 11.5 Å². The Hall–Kier alpha value is -2.36. The van der Waals surface area contributed by atoms with E-state index in [2.05, 4.69) is 0 Å². The van der Waals surface area contributed by atoms with Crippen molar-refractivity contribution < 1.29 is 10.2 Å². The lowest BCUT2D eigenvalue weighted by molar-refractivity contribution is 0.477. The third-order valence-electron chi connectivity index (χ3n) is 2.59. The Morgan fingerprint density at radius 2 is 1.18 bits per heavy atom. The van der Waals surface area contributed by atoms with Crippen LogP contribution in [0.15, 0.2) is 36.4 Å². The van der Waals surface area contributed by atoms with Crippen molar-refractivity contribution >= 4 is 11.4 Å². The van der Waals surface area contributed by atoms with Crippen molar-refractivity contribution in [2.45, 2.75) is 6.42 Å². The van der Waals surface area contributed by atoms with Gasteiger partial charge in [0.15, 0.2) is 0 Å². The van der Waals surface area contributed by atoms with Crippen molar-refractivity contribution in [2.24, 2.45) is 0 Å². The zero-order chi connectivity index (χ0) is 12.4. The van der Waals surface area contributed by atoms with E-state index in [9.17, 15) is 10.2 Å². The summed E-state index contributed by atoms with van der Waals surface area (Å²) in [5.74, 6) is 0.165. The van der Waals surface area contributed by atoms with Crippen LogP contribution >= 0.6 is 0 Å². The molecule has 0 saturated carbocycles. The monoisotopic (exact) mass is 230 g/mol. The third kappa shape index (κ3) is 2.42. The lowest BCUT2D eigenvalue weighted by atomic mass is 10.0. The second-order valence-corrected chi connectivity index (χ2v) is 3.96. The summed E-state index contributed by atoms with van der Waals surface area (Å²) in [6, 6.07) is 10.2. The Labute approximate surface area is 99.1 Å². The molecule has 4 heteroatoms. The molecule has 0 radical (unpaired) electrons. The van der Waals surface area contributed by atoms with Crippen molar-refractivity contribution in [3.05, 3.63) is 47.5 Å². The molecule has 0 bridgehead atoms. The average Bonchev–Trinajstić information content (AvgIpc) is 2.29. The molecule has 0 aromatic heterocycles. The van der Waals surface area contributed by atoms with Crippen LogP contribution in [0.5, 0.6) is 11.5 Å². The molecule has 88 valence electrons. The molecule has 0 saturated heterocycles. The summed E-state index contributed by atoms with van der Waals surface area (Å²) in [5, 5.41) is 18.6. The number of benzene rings is 2. The summed E-state index contributed by atoms with van der Waals surface area (Å²) < 4.78 is 0. The first kappa shape index (κ1) is 11.1. The van der Waals surface area contributed by atoms with Gasteiger partial charge < -0.3 is 21.7 Å². The van der Waals surface area contributed by atoms with E-state index in [4.69, 9.17) is 11.5 Å². The summed E-state index contributed by atoms with van der Waals surface area (Å²) in [6.45, 7) is 0. The van der Waals surface area contributed by atoms with Crippen LogP contribution in [0.4, 0.5) is 11.4 Å². The molecule has 0 fully saturated rings. The van der Waals surface area contributed by atoms with Crippen LogP contribution in [-0.2, 0) is 6.42 Å². The molecule has 0 unspecified atom stereocenters. The van der Waals surface area contributed by atoms with Gasteiger partial charge in [-0.1, -0.05) is 12.1 Å². The van der Waals surface area contributed by atoms with Crippen molar-refractivity contribution in [1.29, 1.82) is 0 Å². The van der Waals surface area contributed by atoms with E-state index in [1.165, 1.54) is 0 Å². The number of hydrogen-bond acceptors (Lipinski definition) is 4. The summed E-state index contributed by atoms with van der Waals surface area (Å²) in [6.07, 6.45) is 0.648. The molecule has 0 aliphatic heterocycles. The molecule has 0 atom stereocenters. The van der Waals surface area contributed by atoms with Crippen LogP contribution in [-0.4, -0.2) is 10.2 Å². The highest BCUT2D eigenvalue weighted by Crippen LogP contribution is 2.25. The predicted molar refractivity (Wildman–Crippen MR) is 67.8 cm³/mol. The molecular formula is C13H14N2O2. The van der Waals surface area contributed by atoms with Crippen molar-refractivity contribution in [3.8, 4) is 11.5 Å². The van der Waals surface area contributed by atoms with Crippen LogP contribution in [0.3, 0.4) is 0 Å². The number of nitrogen functional groups attached to an aromatic ring is 2. The van der Waals surface area contributed by atoms with E-state index in [1.54, 1.807) is 36.4 Å². The molecule has 0 aliphatic rings. The molecule has 0 heterocycles. The van der Waals surface area contributed by atoms with Crippen molar-refractivity contribution in [3.63, 3.8) is 0 Å². The minimum atomic E-state index is 0.0824. The molecule has 0 spiro atoms. The molecule has 6 N–H and O–H groups in total. The highest BCUT2D eigenvalue weighted by Gasteiger charge is 2.03. The molecule has 2 aromatic carbocycles. The van der Waals surface area contributed by atoms with E-state index >= 15 is 0 Å². The number of hydrogen-bond donors (Lipinski definition) is 4. The first-order chi connectivity index (χ1) is 8.06. The largest absolute Gasteiger partial charge is 0.506 e. The maximum absolute atomic E-state index is 9.31. The SMILES string of the molecule is Nc1cc(Cc2ccc(O)c(N)c2)ccc1O. The van der Waals surface area contributed by atoms with Gasteiger partial charge in [-0.3, -0.25) is 0 Å².